The normalized spacial score (nSPS) is 9.62. The fourth-order valence-electron chi connectivity index (χ4n) is 1.21. The Morgan fingerprint density at radius 1 is 1.19 bits per heavy atom. The van der Waals surface area contributed by atoms with Gasteiger partial charge in [-0.1, -0.05) is 12.1 Å². The van der Waals surface area contributed by atoms with Crippen LogP contribution in [0.5, 0.6) is 5.75 Å². The highest BCUT2D eigenvalue weighted by Crippen LogP contribution is 2.11. The van der Waals surface area contributed by atoms with Gasteiger partial charge >= 0.3 is 5.97 Å². The summed E-state index contributed by atoms with van der Waals surface area (Å²) < 4.78 is 9.59. The largest absolute Gasteiger partial charge is 0.497 e. The molecule has 0 spiro atoms. The molecule has 0 fully saturated rings. The van der Waals surface area contributed by atoms with Crippen LogP contribution in [-0.2, 0) is 20.7 Å². The molecule has 0 atom stereocenters. The van der Waals surface area contributed by atoms with Crippen molar-refractivity contribution in [3.05, 3.63) is 29.8 Å². The summed E-state index contributed by atoms with van der Waals surface area (Å²) in [6, 6.07) is 6.98. The van der Waals surface area contributed by atoms with E-state index in [1.165, 1.54) is 0 Å². The Labute approximate surface area is 94.2 Å². The van der Waals surface area contributed by atoms with E-state index in [1.54, 1.807) is 38.3 Å². The summed E-state index contributed by atoms with van der Waals surface area (Å²) >= 11 is 0. The molecular weight excluding hydrogens is 208 g/mol. The van der Waals surface area contributed by atoms with E-state index in [-0.39, 0.29) is 13.0 Å². The predicted molar refractivity (Wildman–Crippen MR) is 58.3 cm³/mol. The number of esters is 1. The van der Waals surface area contributed by atoms with Crippen molar-refractivity contribution in [1.29, 1.82) is 0 Å². The van der Waals surface area contributed by atoms with Gasteiger partial charge in [0, 0.05) is 6.42 Å². The lowest BCUT2D eigenvalue weighted by molar-refractivity contribution is -0.153. The van der Waals surface area contributed by atoms with E-state index < -0.39 is 11.8 Å². The highest BCUT2D eigenvalue weighted by molar-refractivity contribution is 6.34. The zero-order chi connectivity index (χ0) is 12.0. The van der Waals surface area contributed by atoms with Gasteiger partial charge in [0.1, 0.15) is 5.75 Å². The van der Waals surface area contributed by atoms with Gasteiger partial charge in [-0.25, -0.2) is 4.79 Å². The summed E-state index contributed by atoms with van der Waals surface area (Å²) in [5.41, 5.74) is 0.763. The Bertz CT molecular complexity index is 367. The van der Waals surface area contributed by atoms with Crippen LogP contribution in [0, 0.1) is 0 Å². The van der Waals surface area contributed by atoms with Gasteiger partial charge in [0.25, 0.3) is 0 Å². The van der Waals surface area contributed by atoms with Crippen molar-refractivity contribution in [3.63, 3.8) is 0 Å². The Morgan fingerprint density at radius 3 is 2.31 bits per heavy atom. The van der Waals surface area contributed by atoms with Gasteiger partial charge in [0.05, 0.1) is 13.7 Å². The molecule has 0 radical (unpaired) electrons. The molecule has 86 valence electrons. The minimum Gasteiger partial charge on any atom is -0.497 e. The molecule has 1 aromatic carbocycles. The zero-order valence-electron chi connectivity index (χ0n) is 9.36. The summed E-state index contributed by atoms with van der Waals surface area (Å²) in [4.78, 5) is 22.4. The number of methoxy groups -OCH3 is 1. The minimum atomic E-state index is -0.779. The molecule has 0 aromatic heterocycles. The number of benzene rings is 1. The number of carbonyl (C=O) groups excluding carboxylic acids is 2. The molecule has 4 heteroatoms. The third-order valence-corrected chi connectivity index (χ3v) is 2.03. The summed E-state index contributed by atoms with van der Waals surface area (Å²) in [6.07, 6.45) is 0.0584. The Morgan fingerprint density at radius 2 is 1.81 bits per heavy atom. The van der Waals surface area contributed by atoms with E-state index in [1.807, 2.05) is 0 Å². The van der Waals surface area contributed by atoms with Gasteiger partial charge in [0.15, 0.2) is 0 Å². The van der Waals surface area contributed by atoms with Crippen molar-refractivity contribution in [2.75, 3.05) is 13.7 Å². The number of rotatable bonds is 5. The quantitative estimate of drug-likeness (QED) is 0.557. The van der Waals surface area contributed by atoms with E-state index in [2.05, 4.69) is 4.74 Å². The summed E-state index contributed by atoms with van der Waals surface area (Å²) in [5, 5.41) is 0. The van der Waals surface area contributed by atoms with Crippen molar-refractivity contribution < 1.29 is 19.1 Å². The lowest BCUT2D eigenvalue weighted by Gasteiger charge is -2.03. The molecule has 1 rings (SSSR count). The van der Waals surface area contributed by atoms with Gasteiger partial charge in [-0.15, -0.1) is 0 Å². The number of hydrogen-bond donors (Lipinski definition) is 0. The van der Waals surface area contributed by atoms with Crippen molar-refractivity contribution in [2.24, 2.45) is 0 Å². The van der Waals surface area contributed by atoms with E-state index >= 15 is 0 Å². The molecule has 4 nitrogen and oxygen atoms in total. The standard InChI is InChI=1S/C12H14O4/c1-3-16-12(14)11(13)8-9-4-6-10(15-2)7-5-9/h4-7H,3,8H2,1-2H3. The molecule has 0 heterocycles. The van der Waals surface area contributed by atoms with Crippen LogP contribution >= 0.6 is 0 Å². The number of ether oxygens (including phenoxy) is 2. The molecule has 0 saturated carbocycles. The van der Waals surface area contributed by atoms with E-state index in [0.717, 1.165) is 5.56 Å². The third-order valence-electron chi connectivity index (χ3n) is 2.03. The van der Waals surface area contributed by atoms with Crippen LogP contribution in [0.2, 0.25) is 0 Å². The van der Waals surface area contributed by atoms with Gasteiger partial charge in [-0.05, 0) is 24.6 Å². The van der Waals surface area contributed by atoms with Crippen LogP contribution in [-0.4, -0.2) is 25.5 Å². The lowest BCUT2D eigenvalue weighted by atomic mass is 10.1. The third kappa shape index (κ3) is 3.38. The smallest absolute Gasteiger partial charge is 0.374 e. The molecule has 16 heavy (non-hydrogen) atoms. The second-order valence-corrected chi connectivity index (χ2v) is 3.17. The summed E-state index contributed by atoms with van der Waals surface area (Å²) in [5.74, 6) is -0.599. The predicted octanol–water partition coefficient (Wildman–Crippen LogP) is 1.37. The highest BCUT2D eigenvalue weighted by atomic mass is 16.5. The molecule has 0 unspecified atom stereocenters. The van der Waals surface area contributed by atoms with Crippen LogP contribution in [0.4, 0.5) is 0 Å². The first kappa shape index (κ1) is 12.2. The average molecular weight is 222 g/mol. The fourth-order valence-corrected chi connectivity index (χ4v) is 1.21. The van der Waals surface area contributed by atoms with Crippen LogP contribution in [0.3, 0.4) is 0 Å². The molecule has 0 aliphatic heterocycles. The average Bonchev–Trinajstić information content (AvgIpc) is 2.30. The van der Waals surface area contributed by atoms with Crippen molar-refractivity contribution in [3.8, 4) is 5.75 Å². The van der Waals surface area contributed by atoms with Crippen LogP contribution in [0.1, 0.15) is 12.5 Å². The van der Waals surface area contributed by atoms with Crippen molar-refractivity contribution >= 4 is 11.8 Å². The highest BCUT2D eigenvalue weighted by Gasteiger charge is 2.14. The van der Waals surface area contributed by atoms with Crippen LogP contribution in [0.25, 0.3) is 0 Å². The van der Waals surface area contributed by atoms with Crippen LogP contribution in [0.15, 0.2) is 24.3 Å². The van der Waals surface area contributed by atoms with Crippen LogP contribution < -0.4 is 4.74 Å². The number of ketones is 1. The summed E-state index contributed by atoms with van der Waals surface area (Å²) in [6.45, 7) is 1.88. The molecule has 0 saturated heterocycles. The van der Waals surface area contributed by atoms with E-state index in [0.29, 0.717) is 5.75 Å². The van der Waals surface area contributed by atoms with Crippen molar-refractivity contribution in [2.45, 2.75) is 13.3 Å². The number of hydrogen-bond acceptors (Lipinski definition) is 4. The molecule has 0 aliphatic carbocycles. The SMILES string of the molecule is CCOC(=O)C(=O)Cc1ccc(OC)cc1. The second-order valence-electron chi connectivity index (χ2n) is 3.17. The van der Waals surface area contributed by atoms with Gasteiger partial charge in [-0.2, -0.15) is 0 Å². The maximum atomic E-state index is 11.4. The first-order valence-electron chi connectivity index (χ1n) is 5.00. The zero-order valence-corrected chi connectivity index (χ0v) is 9.36. The molecule has 0 aliphatic rings. The monoisotopic (exact) mass is 222 g/mol. The maximum Gasteiger partial charge on any atom is 0.374 e. The van der Waals surface area contributed by atoms with Gasteiger partial charge < -0.3 is 9.47 Å². The minimum absolute atomic E-state index is 0.0584. The van der Waals surface area contributed by atoms with Gasteiger partial charge in [-0.3, -0.25) is 4.79 Å². The summed E-state index contributed by atoms with van der Waals surface area (Å²) in [7, 11) is 1.57. The van der Waals surface area contributed by atoms with E-state index in [9.17, 15) is 9.59 Å². The molecule has 0 amide bonds. The first-order chi connectivity index (χ1) is 7.67. The fraction of sp³-hybridized carbons (Fsp3) is 0.333. The number of Topliss-reactive ketones (excluding diaryl/α,β-unsaturated/α-hetero) is 1. The topological polar surface area (TPSA) is 52.6 Å². The first-order valence-corrected chi connectivity index (χ1v) is 5.00. The molecule has 0 N–H and O–H groups in total. The molecule has 0 bridgehead atoms. The Balaban J connectivity index is 2.59. The Kier molecular flexibility index (Phi) is 4.51. The molecular formula is C12H14O4. The molecule has 1 aromatic rings. The number of carbonyl (C=O) groups is 2. The Hall–Kier alpha value is -1.84. The van der Waals surface area contributed by atoms with Gasteiger partial charge in [0.2, 0.25) is 5.78 Å². The van der Waals surface area contributed by atoms with Crippen molar-refractivity contribution in [1.82, 2.24) is 0 Å². The second kappa shape index (κ2) is 5.90. The van der Waals surface area contributed by atoms with E-state index in [4.69, 9.17) is 4.74 Å². The lowest BCUT2D eigenvalue weighted by Crippen LogP contribution is -2.19. The maximum absolute atomic E-state index is 11.4.